The van der Waals surface area contributed by atoms with Gasteiger partial charge >= 0.3 is 5.97 Å². The van der Waals surface area contributed by atoms with Gasteiger partial charge in [-0.25, -0.2) is 9.78 Å². The molecular formula is C14H16N2O3. The maximum absolute atomic E-state index is 11.9. The molecule has 0 aliphatic heterocycles. The highest BCUT2D eigenvalue weighted by Gasteiger charge is 2.16. The van der Waals surface area contributed by atoms with Gasteiger partial charge in [0.15, 0.2) is 0 Å². The summed E-state index contributed by atoms with van der Waals surface area (Å²) in [5.41, 5.74) is 2.10. The molecule has 0 aliphatic carbocycles. The molecule has 0 amide bonds. The molecule has 0 saturated carbocycles. The van der Waals surface area contributed by atoms with Crippen molar-refractivity contribution in [3.05, 3.63) is 29.3 Å². The highest BCUT2D eigenvalue weighted by Crippen LogP contribution is 2.30. The maximum Gasteiger partial charge on any atom is 0.338 e. The lowest BCUT2D eigenvalue weighted by Gasteiger charge is -2.11. The zero-order valence-corrected chi connectivity index (χ0v) is 11.4. The summed E-state index contributed by atoms with van der Waals surface area (Å²) in [6, 6.07) is 5.46. The van der Waals surface area contributed by atoms with E-state index in [0.29, 0.717) is 22.6 Å². The molecule has 0 aliphatic rings. The molecule has 2 rings (SSSR count). The van der Waals surface area contributed by atoms with Crippen molar-refractivity contribution in [2.24, 2.45) is 0 Å². The Morgan fingerprint density at radius 1 is 1.26 bits per heavy atom. The van der Waals surface area contributed by atoms with E-state index in [-0.39, 0.29) is 0 Å². The molecule has 1 N–H and O–H groups in total. The third-order valence-electron chi connectivity index (χ3n) is 2.90. The minimum Gasteiger partial charge on any atom is -0.494 e. The number of fused-ring (bicyclic) bond motifs is 1. The van der Waals surface area contributed by atoms with Crippen molar-refractivity contribution < 1.29 is 14.3 Å². The van der Waals surface area contributed by atoms with E-state index >= 15 is 0 Å². The van der Waals surface area contributed by atoms with E-state index in [2.05, 4.69) is 10.3 Å². The van der Waals surface area contributed by atoms with Crippen LogP contribution in [0.15, 0.2) is 18.2 Å². The summed E-state index contributed by atoms with van der Waals surface area (Å²) >= 11 is 0. The Bertz CT molecular complexity index is 638. The van der Waals surface area contributed by atoms with Crippen LogP contribution in [0.3, 0.4) is 0 Å². The average molecular weight is 260 g/mol. The predicted octanol–water partition coefficient (Wildman–Crippen LogP) is 2.38. The van der Waals surface area contributed by atoms with Gasteiger partial charge in [0.25, 0.3) is 0 Å². The molecule has 0 radical (unpaired) electrons. The van der Waals surface area contributed by atoms with Crippen LogP contribution < -0.4 is 10.1 Å². The quantitative estimate of drug-likeness (QED) is 0.858. The van der Waals surface area contributed by atoms with Gasteiger partial charge in [-0.2, -0.15) is 0 Å². The molecule has 0 fully saturated rings. The second kappa shape index (κ2) is 5.14. The van der Waals surface area contributed by atoms with E-state index < -0.39 is 5.97 Å². The monoisotopic (exact) mass is 260 g/mol. The van der Waals surface area contributed by atoms with Crippen molar-refractivity contribution in [3.8, 4) is 5.75 Å². The number of nitrogens with one attached hydrogen (secondary N) is 1. The molecule has 0 bridgehead atoms. The van der Waals surface area contributed by atoms with Crippen molar-refractivity contribution in [1.82, 2.24) is 4.98 Å². The number of aryl methyl sites for hydroxylation is 1. The topological polar surface area (TPSA) is 60.5 Å². The fourth-order valence-corrected chi connectivity index (χ4v) is 2.00. The van der Waals surface area contributed by atoms with Gasteiger partial charge in [-0.05, 0) is 30.7 Å². The van der Waals surface area contributed by atoms with Crippen LogP contribution in [-0.4, -0.2) is 32.2 Å². The van der Waals surface area contributed by atoms with Crippen molar-refractivity contribution in [3.63, 3.8) is 0 Å². The normalized spacial score (nSPS) is 10.3. The van der Waals surface area contributed by atoms with E-state index in [1.807, 2.05) is 19.1 Å². The Hall–Kier alpha value is -2.30. The number of anilines is 1. The van der Waals surface area contributed by atoms with Crippen molar-refractivity contribution in [2.75, 3.05) is 26.6 Å². The highest BCUT2D eigenvalue weighted by atomic mass is 16.5. The largest absolute Gasteiger partial charge is 0.494 e. The Morgan fingerprint density at radius 3 is 2.58 bits per heavy atom. The number of pyridine rings is 1. The van der Waals surface area contributed by atoms with Crippen LogP contribution in [0, 0.1) is 6.92 Å². The highest BCUT2D eigenvalue weighted by molar-refractivity contribution is 6.06. The fourth-order valence-electron chi connectivity index (χ4n) is 2.00. The first-order chi connectivity index (χ1) is 9.10. The number of benzene rings is 1. The van der Waals surface area contributed by atoms with Gasteiger partial charge in [-0.1, -0.05) is 0 Å². The fraction of sp³-hybridized carbons (Fsp3) is 0.286. The van der Waals surface area contributed by atoms with Gasteiger partial charge in [-0.15, -0.1) is 0 Å². The summed E-state index contributed by atoms with van der Waals surface area (Å²) < 4.78 is 10.2. The predicted molar refractivity (Wildman–Crippen MR) is 73.9 cm³/mol. The van der Waals surface area contributed by atoms with Crippen LogP contribution in [0.2, 0.25) is 0 Å². The number of esters is 1. The molecule has 2 aromatic rings. The molecule has 100 valence electrons. The van der Waals surface area contributed by atoms with E-state index in [1.165, 1.54) is 7.11 Å². The molecule has 0 unspecified atom stereocenters. The van der Waals surface area contributed by atoms with E-state index in [1.54, 1.807) is 20.2 Å². The van der Waals surface area contributed by atoms with Gasteiger partial charge in [0.1, 0.15) is 17.1 Å². The Morgan fingerprint density at radius 2 is 2.00 bits per heavy atom. The Kier molecular flexibility index (Phi) is 3.55. The smallest absolute Gasteiger partial charge is 0.338 e. The lowest BCUT2D eigenvalue weighted by molar-refractivity contribution is 0.0603. The first kappa shape index (κ1) is 13.1. The summed E-state index contributed by atoms with van der Waals surface area (Å²) in [5.74, 6) is 0.837. The number of aromatic nitrogens is 1. The van der Waals surface area contributed by atoms with Gasteiger partial charge in [0, 0.05) is 12.4 Å². The standard InChI is InChI=1S/C14H16N2O3/c1-8-5-9-10(14(17)19-4)7-12(15-2)16-13(9)11(6-8)18-3/h5-7H,1-4H3,(H,15,16). The summed E-state index contributed by atoms with van der Waals surface area (Å²) in [6.45, 7) is 1.94. The minimum atomic E-state index is -0.392. The number of carbonyl (C=O) groups excluding carboxylic acids is 1. The van der Waals surface area contributed by atoms with Crippen molar-refractivity contribution in [2.45, 2.75) is 6.92 Å². The molecule has 1 aromatic carbocycles. The summed E-state index contributed by atoms with van der Waals surface area (Å²) in [6.07, 6.45) is 0. The average Bonchev–Trinajstić information content (AvgIpc) is 2.44. The van der Waals surface area contributed by atoms with Crippen LogP contribution in [0.25, 0.3) is 10.9 Å². The van der Waals surface area contributed by atoms with E-state index in [9.17, 15) is 4.79 Å². The number of ether oxygens (including phenoxy) is 2. The molecule has 5 nitrogen and oxygen atoms in total. The molecule has 5 heteroatoms. The number of nitrogens with zero attached hydrogens (tertiary/aromatic N) is 1. The number of methoxy groups -OCH3 is 2. The number of hydrogen-bond donors (Lipinski definition) is 1. The molecule has 19 heavy (non-hydrogen) atoms. The van der Waals surface area contributed by atoms with Crippen LogP contribution in [-0.2, 0) is 4.74 Å². The lowest BCUT2D eigenvalue weighted by Crippen LogP contribution is -2.06. The van der Waals surface area contributed by atoms with Crippen LogP contribution >= 0.6 is 0 Å². The zero-order valence-electron chi connectivity index (χ0n) is 11.4. The van der Waals surface area contributed by atoms with Crippen LogP contribution in [0.1, 0.15) is 15.9 Å². The third kappa shape index (κ3) is 2.31. The second-order valence-corrected chi connectivity index (χ2v) is 4.16. The maximum atomic E-state index is 11.9. The van der Waals surface area contributed by atoms with Crippen molar-refractivity contribution in [1.29, 1.82) is 0 Å². The van der Waals surface area contributed by atoms with Gasteiger partial charge < -0.3 is 14.8 Å². The Labute approximate surface area is 111 Å². The van der Waals surface area contributed by atoms with Gasteiger partial charge in [0.05, 0.1) is 19.8 Å². The van der Waals surface area contributed by atoms with Crippen LogP contribution in [0.4, 0.5) is 5.82 Å². The van der Waals surface area contributed by atoms with Gasteiger partial charge in [0.2, 0.25) is 0 Å². The molecule has 1 heterocycles. The lowest BCUT2D eigenvalue weighted by atomic mass is 10.1. The Balaban J connectivity index is 2.85. The molecule has 1 aromatic heterocycles. The molecular weight excluding hydrogens is 244 g/mol. The number of hydrogen-bond acceptors (Lipinski definition) is 5. The summed E-state index contributed by atoms with van der Waals surface area (Å²) in [5, 5.41) is 3.65. The molecule has 0 saturated heterocycles. The number of carbonyl (C=O) groups is 1. The zero-order chi connectivity index (χ0) is 14.0. The first-order valence-electron chi connectivity index (χ1n) is 5.86. The molecule has 0 spiro atoms. The second-order valence-electron chi connectivity index (χ2n) is 4.16. The SMILES string of the molecule is CNc1cc(C(=O)OC)c2cc(C)cc(OC)c2n1. The van der Waals surface area contributed by atoms with Crippen LogP contribution in [0.5, 0.6) is 5.75 Å². The minimum absolute atomic E-state index is 0.392. The number of rotatable bonds is 3. The van der Waals surface area contributed by atoms with Crippen molar-refractivity contribution >= 4 is 22.7 Å². The van der Waals surface area contributed by atoms with E-state index in [0.717, 1.165) is 10.9 Å². The van der Waals surface area contributed by atoms with Gasteiger partial charge in [-0.3, -0.25) is 0 Å². The first-order valence-corrected chi connectivity index (χ1v) is 5.86. The summed E-state index contributed by atoms with van der Waals surface area (Å²) in [7, 11) is 4.69. The summed E-state index contributed by atoms with van der Waals surface area (Å²) in [4.78, 5) is 16.3. The molecule has 0 atom stereocenters. The van der Waals surface area contributed by atoms with E-state index in [4.69, 9.17) is 9.47 Å². The third-order valence-corrected chi connectivity index (χ3v) is 2.90.